The number of carbonyl (C=O) groups excluding carboxylic acids is 1. The summed E-state index contributed by atoms with van der Waals surface area (Å²) in [5.41, 5.74) is 1.25. The lowest BCUT2D eigenvalue weighted by atomic mass is 10.1. The SMILES string of the molecule is COc1ccccc1CN(C)[C@H](C)C(=O)Nc1cc(S(=O)(=O)N2CCCCC2)ccc1Cl. The summed E-state index contributed by atoms with van der Waals surface area (Å²) in [6, 6.07) is 11.6. The molecular formula is C23H30ClN3O4S. The number of nitrogens with one attached hydrogen (secondary N) is 1. The van der Waals surface area contributed by atoms with Crippen molar-refractivity contribution in [1.82, 2.24) is 9.21 Å². The fraction of sp³-hybridized carbons (Fsp3) is 0.435. The maximum atomic E-state index is 13.0. The summed E-state index contributed by atoms with van der Waals surface area (Å²) in [7, 11) is -0.167. The Hall–Kier alpha value is -2.13. The second-order valence-corrected chi connectivity index (χ2v) is 10.3. The highest BCUT2D eigenvalue weighted by Gasteiger charge is 2.27. The van der Waals surface area contributed by atoms with Crippen LogP contribution >= 0.6 is 11.6 Å². The zero-order valence-corrected chi connectivity index (χ0v) is 20.2. The zero-order valence-electron chi connectivity index (χ0n) is 18.7. The van der Waals surface area contributed by atoms with E-state index in [0.717, 1.165) is 30.6 Å². The number of piperidine rings is 1. The Morgan fingerprint density at radius 2 is 1.88 bits per heavy atom. The Balaban J connectivity index is 1.73. The summed E-state index contributed by atoms with van der Waals surface area (Å²) in [6.45, 7) is 3.32. The quantitative estimate of drug-likeness (QED) is 0.619. The first kappa shape index (κ1) is 24.5. The molecule has 0 aromatic heterocycles. The molecule has 0 bridgehead atoms. The van der Waals surface area contributed by atoms with E-state index in [-0.39, 0.29) is 21.5 Å². The van der Waals surface area contributed by atoms with E-state index in [0.29, 0.717) is 19.6 Å². The van der Waals surface area contributed by atoms with Gasteiger partial charge in [-0.3, -0.25) is 9.69 Å². The molecule has 2 aromatic carbocycles. The van der Waals surface area contributed by atoms with Crippen LogP contribution in [0.15, 0.2) is 47.4 Å². The average molecular weight is 480 g/mol. The van der Waals surface area contributed by atoms with Crippen LogP contribution in [0.5, 0.6) is 5.75 Å². The molecule has 1 atom stereocenters. The van der Waals surface area contributed by atoms with E-state index in [1.54, 1.807) is 14.0 Å². The molecule has 1 N–H and O–H groups in total. The first-order chi connectivity index (χ1) is 15.2. The Bertz CT molecular complexity index is 1050. The minimum absolute atomic E-state index is 0.133. The number of nitrogens with zero attached hydrogens (tertiary/aromatic N) is 2. The standard InChI is InChI=1S/C23H30ClN3O4S/c1-17(26(2)16-18-9-5-6-10-22(18)31-3)23(28)25-21-15-19(11-12-20(21)24)32(29,30)27-13-7-4-8-14-27/h5-6,9-12,15,17H,4,7-8,13-14,16H2,1-3H3,(H,25,28)/t17-/m1/s1. The fourth-order valence-corrected chi connectivity index (χ4v) is 5.40. The van der Waals surface area contributed by atoms with Crippen LogP contribution in [0.4, 0.5) is 5.69 Å². The molecule has 1 fully saturated rings. The minimum Gasteiger partial charge on any atom is -0.496 e. The Morgan fingerprint density at radius 1 is 1.19 bits per heavy atom. The van der Waals surface area contributed by atoms with Crippen molar-refractivity contribution in [3.63, 3.8) is 0 Å². The largest absolute Gasteiger partial charge is 0.496 e. The van der Waals surface area contributed by atoms with Crippen molar-refractivity contribution in [3.8, 4) is 5.75 Å². The van der Waals surface area contributed by atoms with Crippen molar-refractivity contribution in [2.45, 2.75) is 43.7 Å². The van der Waals surface area contributed by atoms with E-state index in [9.17, 15) is 13.2 Å². The van der Waals surface area contributed by atoms with Crippen molar-refractivity contribution in [2.24, 2.45) is 0 Å². The van der Waals surface area contributed by atoms with E-state index < -0.39 is 16.1 Å². The van der Waals surface area contributed by atoms with Gasteiger partial charge in [0.2, 0.25) is 15.9 Å². The lowest BCUT2D eigenvalue weighted by Gasteiger charge is -2.26. The van der Waals surface area contributed by atoms with Gasteiger partial charge >= 0.3 is 0 Å². The van der Waals surface area contributed by atoms with Crippen LogP contribution in [0.2, 0.25) is 5.02 Å². The zero-order chi connectivity index (χ0) is 23.3. The predicted molar refractivity (Wildman–Crippen MR) is 127 cm³/mol. The number of rotatable bonds is 8. The Kier molecular flexibility index (Phi) is 8.16. The van der Waals surface area contributed by atoms with E-state index in [1.165, 1.54) is 22.5 Å². The molecule has 0 unspecified atom stereocenters. The van der Waals surface area contributed by atoms with Crippen molar-refractivity contribution in [2.75, 3.05) is 32.6 Å². The smallest absolute Gasteiger partial charge is 0.243 e. The van der Waals surface area contributed by atoms with Crippen LogP contribution in [-0.2, 0) is 21.4 Å². The second kappa shape index (κ2) is 10.7. The minimum atomic E-state index is -3.62. The van der Waals surface area contributed by atoms with Gasteiger partial charge in [-0.2, -0.15) is 4.31 Å². The Labute approximate surface area is 195 Å². The van der Waals surface area contributed by atoms with Gasteiger partial charge in [-0.05, 0) is 51.1 Å². The van der Waals surface area contributed by atoms with Crippen molar-refractivity contribution in [3.05, 3.63) is 53.1 Å². The van der Waals surface area contributed by atoms with Gasteiger partial charge in [0.25, 0.3) is 0 Å². The van der Waals surface area contributed by atoms with Gasteiger partial charge in [-0.25, -0.2) is 8.42 Å². The van der Waals surface area contributed by atoms with E-state index >= 15 is 0 Å². The van der Waals surface area contributed by atoms with Crippen LogP contribution in [0, 0.1) is 0 Å². The number of sulfonamides is 1. The lowest BCUT2D eigenvalue weighted by Crippen LogP contribution is -2.39. The molecular weight excluding hydrogens is 450 g/mol. The number of ether oxygens (including phenoxy) is 1. The fourth-order valence-electron chi connectivity index (χ4n) is 3.69. The maximum Gasteiger partial charge on any atom is 0.243 e. The number of halogens is 1. The Morgan fingerprint density at radius 3 is 2.56 bits per heavy atom. The topological polar surface area (TPSA) is 79.0 Å². The number of methoxy groups -OCH3 is 1. The number of amides is 1. The van der Waals surface area contributed by atoms with Gasteiger partial charge in [0, 0.05) is 25.2 Å². The molecule has 1 aliphatic rings. The number of para-hydroxylation sites is 1. The van der Waals surface area contributed by atoms with Crippen molar-refractivity contribution < 1.29 is 17.9 Å². The molecule has 9 heteroatoms. The molecule has 1 heterocycles. The molecule has 0 aliphatic carbocycles. The molecule has 0 spiro atoms. The molecule has 3 rings (SSSR count). The predicted octanol–water partition coefficient (Wildman–Crippen LogP) is 3.98. The molecule has 32 heavy (non-hydrogen) atoms. The van der Waals surface area contributed by atoms with Gasteiger partial charge in [-0.15, -0.1) is 0 Å². The first-order valence-corrected chi connectivity index (χ1v) is 12.5. The molecule has 2 aromatic rings. The molecule has 174 valence electrons. The number of benzene rings is 2. The van der Waals surface area contributed by atoms with Gasteiger partial charge in [0.05, 0.1) is 28.8 Å². The number of hydrogen-bond donors (Lipinski definition) is 1. The van der Waals surface area contributed by atoms with Gasteiger partial charge in [-0.1, -0.05) is 36.2 Å². The van der Waals surface area contributed by atoms with Crippen LogP contribution in [0.3, 0.4) is 0 Å². The highest BCUT2D eigenvalue weighted by molar-refractivity contribution is 7.89. The molecule has 1 saturated heterocycles. The highest BCUT2D eigenvalue weighted by Crippen LogP contribution is 2.29. The van der Waals surface area contributed by atoms with Crippen molar-refractivity contribution in [1.29, 1.82) is 0 Å². The van der Waals surface area contributed by atoms with E-state index in [2.05, 4.69) is 5.32 Å². The molecule has 1 amide bonds. The van der Waals surface area contributed by atoms with Gasteiger partial charge in [0.15, 0.2) is 0 Å². The highest BCUT2D eigenvalue weighted by atomic mass is 35.5. The van der Waals surface area contributed by atoms with Crippen molar-refractivity contribution >= 4 is 33.2 Å². The van der Waals surface area contributed by atoms with Gasteiger partial charge < -0.3 is 10.1 Å². The first-order valence-electron chi connectivity index (χ1n) is 10.7. The van der Waals surface area contributed by atoms with Crippen LogP contribution < -0.4 is 10.1 Å². The monoisotopic (exact) mass is 479 g/mol. The van der Waals surface area contributed by atoms with Crippen LogP contribution in [0.1, 0.15) is 31.7 Å². The van der Waals surface area contributed by atoms with E-state index in [4.69, 9.17) is 16.3 Å². The average Bonchev–Trinajstić information content (AvgIpc) is 2.80. The third-order valence-corrected chi connectivity index (χ3v) is 8.03. The molecule has 0 saturated carbocycles. The summed E-state index contributed by atoms with van der Waals surface area (Å²) in [5.74, 6) is 0.474. The third-order valence-electron chi connectivity index (χ3n) is 5.80. The summed E-state index contributed by atoms with van der Waals surface area (Å²) in [6.07, 6.45) is 2.74. The third kappa shape index (κ3) is 5.61. The van der Waals surface area contributed by atoms with Gasteiger partial charge in [0.1, 0.15) is 5.75 Å². The normalized spacial score (nSPS) is 16.0. The summed E-state index contributed by atoms with van der Waals surface area (Å²) in [4.78, 5) is 14.9. The number of hydrogen-bond acceptors (Lipinski definition) is 5. The molecule has 0 radical (unpaired) electrons. The maximum absolute atomic E-state index is 13.0. The van der Waals surface area contributed by atoms with Crippen LogP contribution in [-0.4, -0.2) is 56.8 Å². The van der Waals surface area contributed by atoms with E-state index in [1.807, 2.05) is 36.2 Å². The lowest BCUT2D eigenvalue weighted by molar-refractivity contribution is -0.120. The van der Waals surface area contributed by atoms with Crippen LogP contribution in [0.25, 0.3) is 0 Å². The molecule has 1 aliphatic heterocycles. The summed E-state index contributed by atoms with van der Waals surface area (Å²) in [5, 5.41) is 3.08. The second-order valence-electron chi connectivity index (χ2n) is 8.00. The summed E-state index contributed by atoms with van der Waals surface area (Å²) >= 11 is 6.28. The number of carbonyl (C=O) groups is 1. The summed E-state index contributed by atoms with van der Waals surface area (Å²) < 4.78 is 32.9. The molecule has 7 nitrogen and oxygen atoms in total. The number of anilines is 1. The number of likely N-dealkylation sites (N-methyl/N-ethyl adjacent to an activating group) is 1.